The van der Waals surface area contributed by atoms with Crippen molar-refractivity contribution >= 4 is 28.4 Å². The second kappa shape index (κ2) is 10.7. The molecule has 30 heavy (non-hydrogen) atoms. The predicted molar refractivity (Wildman–Crippen MR) is 101 cm³/mol. The predicted octanol–water partition coefficient (Wildman–Crippen LogP) is -0.260. The van der Waals surface area contributed by atoms with Gasteiger partial charge in [0, 0.05) is 37.0 Å². The monoisotopic (exact) mass is 423 g/mol. The van der Waals surface area contributed by atoms with E-state index >= 15 is 0 Å². The molecular formula is C14H15N8O8+. The van der Waals surface area contributed by atoms with Crippen molar-refractivity contribution in [3.05, 3.63) is 79.0 Å². The molecule has 0 radical (unpaired) electrons. The Kier molecular flexibility index (Phi) is 8.36. The molecule has 0 bridgehead atoms. The van der Waals surface area contributed by atoms with Crippen LogP contribution in [-0.2, 0) is 0 Å². The summed E-state index contributed by atoms with van der Waals surface area (Å²) in [6.07, 6.45) is -1.03. The summed E-state index contributed by atoms with van der Waals surface area (Å²) >= 11 is 0. The van der Waals surface area contributed by atoms with Crippen LogP contribution in [0.25, 0.3) is 11.0 Å². The molecule has 158 valence electrons. The van der Waals surface area contributed by atoms with Crippen LogP contribution in [0.5, 0.6) is 0 Å². The molecule has 0 fully saturated rings. The molecule has 16 nitrogen and oxygen atoms in total. The largest absolute Gasteiger partial charge is 0.739 e. The van der Waals surface area contributed by atoms with E-state index in [9.17, 15) is 20.8 Å². The minimum atomic E-state index is -1.03. The van der Waals surface area contributed by atoms with Crippen LogP contribution in [0.1, 0.15) is 0 Å². The molecule has 0 saturated heterocycles. The van der Waals surface area contributed by atoms with Crippen molar-refractivity contribution in [1.82, 2.24) is 5.10 Å². The van der Waals surface area contributed by atoms with Crippen molar-refractivity contribution in [2.45, 2.75) is 6.29 Å². The van der Waals surface area contributed by atoms with Crippen LogP contribution in [0.15, 0.2) is 53.6 Å². The van der Waals surface area contributed by atoms with E-state index < -0.39 is 6.29 Å². The lowest BCUT2D eigenvalue weighted by Gasteiger charge is -2.23. The first-order valence-corrected chi connectivity index (χ1v) is 7.63. The standard InChI is InChI=1S/C7H8N4O2.C7H6N4O2.2O2/c2*8-7-9-11(13)6-4-2-1-3-5(6)10(7)12;2*1-2/h1-4,7,12H,8H2;1-4H,(H2,8,9);;/p+1. The molecule has 16 heteroatoms. The Hall–Kier alpha value is -4.57. The molecule has 3 aromatic rings. The number of rotatable bonds is 0. The molecule has 0 spiro atoms. The Morgan fingerprint density at radius 1 is 1.00 bits per heavy atom. The van der Waals surface area contributed by atoms with Gasteiger partial charge in [0.25, 0.3) is 17.5 Å². The highest BCUT2D eigenvalue weighted by Crippen LogP contribution is 2.30. The van der Waals surface area contributed by atoms with Crippen LogP contribution < -0.4 is 26.1 Å². The number of benzene rings is 2. The maximum atomic E-state index is 11.3. The van der Waals surface area contributed by atoms with E-state index in [1.165, 1.54) is 12.1 Å². The first-order valence-electron chi connectivity index (χ1n) is 7.63. The third-order valence-corrected chi connectivity index (χ3v) is 3.52. The summed E-state index contributed by atoms with van der Waals surface area (Å²) in [4.78, 5) is 27.7. The van der Waals surface area contributed by atoms with Gasteiger partial charge in [0.15, 0.2) is 5.52 Å². The van der Waals surface area contributed by atoms with Gasteiger partial charge >= 0.3 is 5.95 Å². The van der Waals surface area contributed by atoms with Crippen LogP contribution in [0, 0.1) is 30.5 Å². The molecule has 4 rings (SSSR count). The Morgan fingerprint density at radius 3 is 2.17 bits per heavy atom. The van der Waals surface area contributed by atoms with Gasteiger partial charge in [-0.1, -0.05) is 24.3 Å². The molecule has 0 aliphatic carbocycles. The molecule has 2 heterocycles. The van der Waals surface area contributed by atoms with Gasteiger partial charge < -0.3 is 15.6 Å². The van der Waals surface area contributed by atoms with Crippen LogP contribution in [0.4, 0.5) is 17.3 Å². The number of hydroxylamine groups is 1. The third kappa shape index (κ3) is 4.82. The molecule has 6 N–H and O–H groups in total. The van der Waals surface area contributed by atoms with Crippen LogP contribution >= 0.6 is 0 Å². The average Bonchev–Trinajstić information content (AvgIpc) is 2.79. The number of nitrogens with zero attached hydrogens (tertiary/aromatic N) is 6. The number of nitrogen functional groups attached to an aromatic ring is 1. The van der Waals surface area contributed by atoms with E-state index in [4.69, 9.17) is 31.3 Å². The average molecular weight is 423 g/mol. The SMILES string of the molecule is NC1N=[N+]([O-])c2ccccc2N1O.Nc1n[n+]([O-])c2ccccc2[n+]1[O-].O=O.O=[OH+]. The summed E-state index contributed by atoms with van der Waals surface area (Å²) in [5, 5.41) is 50.4. The number of nitrogens with two attached hydrogens (primary N) is 2. The number of anilines is 2. The van der Waals surface area contributed by atoms with Crippen molar-refractivity contribution in [1.29, 1.82) is 0 Å². The van der Waals surface area contributed by atoms with Gasteiger partial charge in [-0.2, -0.15) is 0 Å². The molecule has 1 aromatic heterocycles. The second-order valence-corrected chi connectivity index (χ2v) is 5.15. The third-order valence-electron chi connectivity index (χ3n) is 3.52. The minimum absolute atomic E-state index is 0.201. The Bertz CT molecular complexity index is 1030. The number of azo groups is 1. The summed E-state index contributed by atoms with van der Waals surface area (Å²) in [5.74, 6) is -0.353. The molecule has 2 aromatic carbocycles. The minimum Gasteiger partial charge on any atom is -0.739 e. The zero-order valence-corrected chi connectivity index (χ0v) is 14.9. The second-order valence-electron chi connectivity index (χ2n) is 5.15. The van der Waals surface area contributed by atoms with Crippen molar-refractivity contribution in [3.8, 4) is 0 Å². The van der Waals surface area contributed by atoms with Crippen LogP contribution in [0.2, 0.25) is 0 Å². The summed E-state index contributed by atoms with van der Waals surface area (Å²) in [6, 6.07) is 12.8. The van der Waals surface area contributed by atoms with Gasteiger partial charge in [0.2, 0.25) is 10.1 Å². The lowest BCUT2D eigenvalue weighted by Crippen LogP contribution is -2.44. The van der Waals surface area contributed by atoms with E-state index in [1.54, 1.807) is 36.4 Å². The van der Waals surface area contributed by atoms with E-state index in [0.717, 1.165) is 5.06 Å². The fraction of sp³-hybridized carbons (Fsp3) is 0.0714. The number of aromatic nitrogens is 3. The highest BCUT2D eigenvalue weighted by Gasteiger charge is 2.27. The van der Waals surface area contributed by atoms with Gasteiger partial charge in [0.1, 0.15) is 5.69 Å². The Balaban J connectivity index is 0.000000258. The molecular weight excluding hydrogens is 408 g/mol. The lowest BCUT2D eigenvalue weighted by atomic mass is 10.2. The lowest BCUT2D eigenvalue weighted by molar-refractivity contribution is -0.672. The van der Waals surface area contributed by atoms with Gasteiger partial charge in [-0.15, -0.1) is 0 Å². The highest BCUT2D eigenvalue weighted by molar-refractivity contribution is 5.67. The highest BCUT2D eigenvalue weighted by atomic mass is 16.7. The topological polar surface area (TPSA) is 253 Å². The quantitative estimate of drug-likeness (QED) is 0.241. The fourth-order valence-electron chi connectivity index (χ4n) is 2.29. The Morgan fingerprint density at radius 2 is 1.53 bits per heavy atom. The van der Waals surface area contributed by atoms with Crippen molar-refractivity contribution in [3.63, 3.8) is 0 Å². The number of para-hydroxylation sites is 4. The smallest absolute Gasteiger partial charge is 0.458 e. The van der Waals surface area contributed by atoms with Crippen molar-refractivity contribution in [2.75, 3.05) is 10.8 Å². The van der Waals surface area contributed by atoms with Gasteiger partial charge in [-0.05, 0) is 17.0 Å². The fourth-order valence-corrected chi connectivity index (χ4v) is 2.29. The molecule has 0 amide bonds. The van der Waals surface area contributed by atoms with E-state index in [0.29, 0.717) is 20.1 Å². The van der Waals surface area contributed by atoms with E-state index in [2.05, 4.69) is 10.2 Å². The normalized spacial score (nSPS) is 13.9. The number of hydrogen-bond acceptors (Lipinski definition) is 12. The summed E-state index contributed by atoms with van der Waals surface area (Å²) in [7, 11) is 0. The zero-order chi connectivity index (χ0) is 22.8. The van der Waals surface area contributed by atoms with Crippen molar-refractivity contribution < 1.29 is 24.6 Å². The first-order chi connectivity index (χ1) is 14.4. The molecule has 1 aliphatic rings. The van der Waals surface area contributed by atoms with E-state index in [1.807, 2.05) is 0 Å². The summed E-state index contributed by atoms with van der Waals surface area (Å²) < 4.78 is 0.420. The van der Waals surface area contributed by atoms with Crippen molar-refractivity contribution in [2.24, 2.45) is 10.8 Å². The number of fused-ring (bicyclic) bond motifs is 2. The molecule has 1 aliphatic heterocycles. The maximum absolute atomic E-state index is 11.3. The maximum Gasteiger partial charge on any atom is 0.458 e. The molecule has 1 atom stereocenters. The summed E-state index contributed by atoms with van der Waals surface area (Å²) in [5.41, 5.74) is 11.6. The first kappa shape index (κ1) is 23.5. The molecule has 1 unspecified atom stereocenters. The van der Waals surface area contributed by atoms with Crippen LogP contribution in [0.3, 0.4) is 0 Å². The summed E-state index contributed by atoms with van der Waals surface area (Å²) in [6.45, 7) is 0. The van der Waals surface area contributed by atoms with Crippen LogP contribution in [-0.4, -0.2) is 26.4 Å². The molecule has 0 saturated carbocycles. The van der Waals surface area contributed by atoms with Gasteiger partial charge in [-0.25, -0.2) is 9.79 Å². The van der Waals surface area contributed by atoms with E-state index in [-0.39, 0.29) is 22.7 Å². The van der Waals surface area contributed by atoms with Gasteiger partial charge in [-0.3, -0.25) is 16.7 Å². The zero-order valence-electron chi connectivity index (χ0n) is 14.9. The number of hydrogen-bond donors (Lipinski definition) is 3. The van der Waals surface area contributed by atoms with Gasteiger partial charge in [0.05, 0.1) is 0 Å². The Labute approximate surface area is 166 Å².